The second-order valence-electron chi connectivity index (χ2n) is 18.4. The number of aliphatic hydroxyl groups is 1. The Kier molecular flexibility index (Phi) is 29.2. The van der Waals surface area contributed by atoms with E-state index in [4.69, 9.17) is 23.7 Å². The molecule has 0 fully saturated rings. The summed E-state index contributed by atoms with van der Waals surface area (Å²) in [7, 11) is 1.62. The van der Waals surface area contributed by atoms with Crippen molar-refractivity contribution in [3.05, 3.63) is 29.8 Å². The van der Waals surface area contributed by atoms with Gasteiger partial charge in [0.05, 0.1) is 45.6 Å². The number of esters is 1. The third-order valence-electron chi connectivity index (χ3n) is 10.6. The molecule has 0 bridgehead atoms. The molecule has 66 heavy (non-hydrogen) atoms. The number of ether oxygens (including phenoxy) is 5. The first kappa shape index (κ1) is 59.6. The van der Waals surface area contributed by atoms with Crippen LogP contribution in [-0.2, 0) is 54.1 Å². The summed E-state index contributed by atoms with van der Waals surface area (Å²) in [5, 5.41) is 18.3. The molecule has 0 aliphatic heterocycles. The first-order chi connectivity index (χ1) is 31.1. The fourth-order valence-corrected chi connectivity index (χ4v) is 7.12. The molecule has 0 aliphatic rings. The maximum Gasteiger partial charge on any atom is 0.407 e. The Morgan fingerprint density at radius 2 is 1.36 bits per heavy atom. The lowest BCUT2D eigenvalue weighted by atomic mass is 9.96. The van der Waals surface area contributed by atoms with Gasteiger partial charge in [0.15, 0.2) is 5.78 Å². The molecular weight excluding hydrogens is 871 g/mol. The minimum absolute atomic E-state index is 0.0112. The molecule has 1 aromatic rings. The number of carbonyl (C=O) groups is 7. The molecular formula is C47H81N5O13Si. The van der Waals surface area contributed by atoms with Crippen molar-refractivity contribution >= 4 is 49.5 Å². The molecule has 376 valence electrons. The summed E-state index contributed by atoms with van der Waals surface area (Å²) in [6.07, 6.45) is 1.20. The molecule has 1 unspecified atom stereocenters. The number of ketones is 1. The van der Waals surface area contributed by atoms with Crippen molar-refractivity contribution in [1.29, 1.82) is 0 Å². The summed E-state index contributed by atoms with van der Waals surface area (Å²) >= 11 is 0. The molecule has 0 radical (unpaired) electrons. The first-order valence-electron chi connectivity index (χ1n) is 23.3. The van der Waals surface area contributed by atoms with Crippen LogP contribution in [0.5, 0.6) is 5.75 Å². The normalized spacial score (nSPS) is 13.7. The fourth-order valence-electron chi connectivity index (χ4n) is 6.40. The van der Waals surface area contributed by atoms with Crippen molar-refractivity contribution in [3.63, 3.8) is 0 Å². The summed E-state index contributed by atoms with van der Waals surface area (Å²) in [5.74, 6) is -2.81. The van der Waals surface area contributed by atoms with Gasteiger partial charge in [-0.25, -0.2) is 4.79 Å². The van der Waals surface area contributed by atoms with Gasteiger partial charge in [0, 0.05) is 54.8 Å². The predicted octanol–water partition coefficient (Wildman–Crippen LogP) is 4.13. The molecule has 0 aromatic heterocycles. The zero-order valence-electron chi connectivity index (χ0n) is 41.5. The Morgan fingerprint density at radius 3 is 1.92 bits per heavy atom. The van der Waals surface area contributed by atoms with E-state index >= 15 is 0 Å². The van der Waals surface area contributed by atoms with Crippen molar-refractivity contribution in [1.82, 2.24) is 25.8 Å². The van der Waals surface area contributed by atoms with E-state index in [9.17, 15) is 38.7 Å². The van der Waals surface area contributed by atoms with Crippen LogP contribution in [0.15, 0.2) is 24.3 Å². The average molecular weight is 952 g/mol. The van der Waals surface area contributed by atoms with E-state index in [0.29, 0.717) is 89.8 Å². The molecule has 18 nitrogen and oxygen atoms in total. The topological polar surface area (TPSA) is 228 Å². The molecule has 0 aliphatic carbocycles. The zero-order chi connectivity index (χ0) is 49.8. The lowest BCUT2D eigenvalue weighted by Crippen LogP contribution is -2.56. The highest BCUT2D eigenvalue weighted by Crippen LogP contribution is 2.18. The van der Waals surface area contributed by atoms with Crippen LogP contribution >= 0.6 is 0 Å². The van der Waals surface area contributed by atoms with E-state index in [2.05, 4.69) is 35.6 Å². The SMILES string of the molecule is CCC(C)[C@H](NC(=O)CN(C)C(=O)[C@@H](Cc1ccc(OC(=O)CCCCOCCOCCOCCCNC(=O)OCC[Si](C)(C)C)cc1)N(C)C(=O)[C@H](C)NC(=O)[C@H](O)CC(C)C)C(C)=O. The zero-order valence-corrected chi connectivity index (χ0v) is 42.5. The van der Waals surface area contributed by atoms with E-state index in [-0.39, 0.29) is 43.4 Å². The van der Waals surface area contributed by atoms with Crippen molar-refractivity contribution in [3.8, 4) is 5.75 Å². The Balaban J connectivity index is 2.63. The quantitative estimate of drug-likeness (QED) is 0.0330. The van der Waals surface area contributed by atoms with Gasteiger partial charge in [-0.1, -0.05) is 65.9 Å². The van der Waals surface area contributed by atoms with Crippen LogP contribution in [0.25, 0.3) is 0 Å². The van der Waals surface area contributed by atoms with Crippen LogP contribution in [0.3, 0.4) is 0 Å². The highest BCUT2D eigenvalue weighted by Gasteiger charge is 2.34. The fraction of sp³-hybridized carbons (Fsp3) is 0.723. The molecule has 1 aromatic carbocycles. The average Bonchev–Trinajstić information content (AvgIpc) is 3.24. The maximum atomic E-state index is 14.0. The largest absolute Gasteiger partial charge is 0.450 e. The number of aliphatic hydroxyl groups excluding tert-OH is 1. The lowest BCUT2D eigenvalue weighted by molar-refractivity contribution is -0.147. The Bertz CT molecular complexity index is 1640. The molecule has 0 saturated carbocycles. The number of carbonyl (C=O) groups excluding carboxylic acids is 7. The van der Waals surface area contributed by atoms with Crippen molar-refractivity contribution in [2.24, 2.45) is 11.8 Å². The summed E-state index contributed by atoms with van der Waals surface area (Å²) in [6.45, 7) is 20.2. The number of rotatable bonds is 34. The smallest absolute Gasteiger partial charge is 0.407 e. The maximum absolute atomic E-state index is 14.0. The number of nitrogens with zero attached hydrogens (tertiary/aromatic N) is 2. The van der Waals surface area contributed by atoms with E-state index < -0.39 is 68.0 Å². The number of alkyl carbamates (subject to hydrolysis) is 1. The van der Waals surface area contributed by atoms with E-state index in [0.717, 1.165) is 6.04 Å². The number of benzene rings is 1. The molecule has 1 rings (SSSR count). The van der Waals surface area contributed by atoms with Gasteiger partial charge in [-0.3, -0.25) is 28.8 Å². The summed E-state index contributed by atoms with van der Waals surface area (Å²) in [5.41, 5.74) is 0.619. The lowest BCUT2D eigenvalue weighted by Gasteiger charge is -2.33. The van der Waals surface area contributed by atoms with Gasteiger partial charge in [0.1, 0.15) is 23.9 Å². The number of Topliss-reactive ketones (excluding diaryl/α,β-unsaturated/α-hetero) is 1. The molecule has 5 amide bonds. The van der Waals surface area contributed by atoms with Crippen LogP contribution in [0.2, 0.25) is 25.7 Å². The molecule has 5 atom stereocenters. The van der Waals surface area contributed by atoms with Crippen LogP contribution in [0.1, 0.15) is 85.6 Å². The number of likely N-dealkylation sites (N-methyl/N-ethyl adjacent to an activating group) is 2. The molecule has 0 spiro atoms. The molecule has 19 heteroatoms. The van der Waals surface area contributed by atoms with Crippen LogP contribution in [0, 0.1) is 11.8 Å². The van der Waals surface area contributed by atoms with E-state index in [1.54, 1.807) is 24.3 Å². The first-order valence-corrected chi connectivity index (χ1v) is 27.0. The number of nitrogens with one attached hydrogen (secondary N) is 3. The molecule has 4 N–H and O–H groups in total. The van der Waals surface area contributed by atoms with Crippen LogP contribution in [0.4, 0.5) is 4.79 Å². The van der Waals surface area contributed by atoms with Gasteiger partial charge in [-0.2, -0.15) is 0 Å². The van der Waals surface area contributed by atoms with Crippen LogP contribution in [-0.4, -0.2) is 162 Å². The van der Waals surface area contributed by atoms with Gasteiger partial charge in [0.2, 0.25) is 23.6 Å². The van der Waals surface area contributed by atoms with Crippen molar-refractivity contribution < 1.29 is 62.4 Å². The number of hydrogen-bond acceptors (Lipinski definition) is 13. The van der Waals surface area contributed by atoms with E-state index in [1.807, 2.05) is 27.7 Å². The van der Waals surface area contributed by atoms with Gasteiger partial charge in [-0.05, 0) is 75.1 Å². The third kappa shape index (κ3) is 26.0. The van der Waals surface area contributed by atoms with Gasteiger partial charge < -0.3 is 54.5 Å². The number of unbranched alkanes of at least 4 members (excludes halogenated alkanes) is 1. The Labute approximate surface area is 393 Å². The van der Waals surface area contributed by atoms with Gasteiger partial charge >= 0.3 is 12.1 Å². The summed E-state index contributed by atoms with van der Waals surface area (Å²) in [6, 6.07) is 4.52. The Morgan fingerprint density at radius 1 is 0.773 bits per heavy atom. The predicted molar refractivity (Wildman–Crippen MR) is 254 cm³/mol. The van der Waals surface area contributed by atoms with Crippen molar-refractivity contribution in [2.45, 2.75) is 136 Å². The number of amides is 5. The highest BCUT2D eigenvalue weighted by atomic mass is 28.3. The van der Waals surface area contributed by atoms with Crippen molar-refractivity contribution in [2.75, 3.05) is 73.4 Å². The standard InChI is InChI=1S/C47H81N5O13Si/c1-12-34(4)43(36(6)53)50-41(55)32-51(7)46(59)39(52(8)45(58)35(5)49-44(57)40(54)30-33(2)3)31-37-17-19-38(20-18-37)65-42(56)16-13-14-22-61-24-26-63-27-25-62-23-15-21-48-47(60)64-28-29-66(9,10)11/h17-20,33-35,39-40,43,54H,12-16,21-32H2,1-11H3,(H,48,60)(H,49,57)(H,50,55)/t34?,35-,39+,40+,43-/m0/s1. The molecule has 0 saturated heterocycles. The minimum Gasteiger partial charge on any atom is -0.450 e. The third-order valence-corrected chi connectivity index (χ3v) is 12.3. The number of hydrogen-bond donors (Lipinski definition) is 4. The van der Waals surface area contributed by atoms with E-state index in [1.165, 1.54) is 37.7 Å². The van der Waals surface area contributed by atoms with Gasteiger partial charge in [-0.15, -0.1) is 0 Å². The Hall–Kier alpha value is -4.43. The monoisotopic (exact) mass is 952 g/mol. The summed E-state index contributed by atoms with van der Waals surface area (Å²) in [4.78, 5) is 92.3. The summed E-state index contributed by atoms with van der Waals surface area (Å²) < 4.78 is 27.4. The highest BCUT2D eigenvalue weighted by molar-refractivity contribution is 6.76. The second kappa shape index (κ2) is 32.3. The van der Waals surface area contributed by atoms with Crippen LogP contribution < -0.4 is 20.7 Å². The molecule has 0 heterocycles. The minimum atomic E-state index is -1.31. The van der Waals surface area contributed by atoms with Gasteiger partial charge in [0.25, 0.3) is 0 Å². The second-order valence-corrected chi connectivity index (χ2v) is 24.0.